The van der Waals surface area contributed by atoms with E-state index in [2.05, 4.69) is 5.32 Å². The van der Waals surface area contributed by atoms with Gasteiger partial charge in [0.2, 0.25) is 0 Å². The Hall–Kier alpha value is -2.07. The Morgan fingerprint density at radius 3 is 2.75 bits per heavy atom. The molecule has 5 heteroatoms. The van der Waals surface area contributed by atoms with Crippen molar-refractivity contribution in [2.75, 3.05) is 12.4 Å². The summed E-state index contributed by atoms with van der Waals surface area (Å²) in [6, 6.07) is 11.3. The smallest absolute Gasteiger partial charge is 0.339 e. The maximum atomic E-state index is 13.2. The Morgan fingerprint density at radius 2 is 2.05 bits per heavy atom. The van der Waals surface area contributed by atoms with Crippen LogP contribution in [0.5, 0.6) is 0 Å². The fraction of sp³-hybridized carbons (Fsp3) is 0.133. The normalized spacial score (nSPS) is 10.2. The van der Waals surface area contributed by atoms with Crippen molar-refractivity contribution in [2.45, 2.75) is 6.54 Å². The van der Waals surface area contributed by atoms with Crippen LogP contribution in [0.15, 0.2) is 42.5 Å². The van der Waals surface area contributed by atoms with Gasteiger partial charge in [0.25, 0.3) is 0 Å². The molecule has 2 aromatic carbocycles. The molecule has 1 N–H and O–H groups in total. The van der Waals surface area contributed by atoms with Crippen molar-refractivity contribution in [3.05, 3.63) is 64.4 Å². The Bertz CT molecular complexity index is 611. The van der Waals surface area contributed by atoms with E-state index in [4.69, 9.17) is 16.3 Å². The number of carbonyl (C=O) groups excluding carboxylic acids is 1. The summed E-state index contributed by atoms with van der Waals surface area (Å²) in [5.41, 5.74) is 1.74. The predicted octanol–water partition coefficient (Wildman–Crippen LogP) is 3.88. The molecule has 0 saturated carbocycles. The zero-order valence-corrected chi connectivity index (χ0v) is 11.6. The topological polar surface area (TPSA) is 38.3 Å². The lowest BCUT2D eigenvalue weighted by molar-refractivity contribution is 0.0602. The summed E-state index contributed by atoms with van der Waals surface area (Å²) in [7, 11) is 1.32. The number of rotatable bonds is 4. The van der Waals surface area contributed by atoms with Gasteiger partial charge in [-0.15, -0.1) is 0 Å². The zero-order chi connectivity index (χ0) is 14.5. The summed E-state index contributed by atoms with van der Waals surface area (Å²) in [6.07, 6.45) is 0. The second-order valence-corrected chi connectivity index (χ2v) is 4.60. The maximum absolute atomic E-state index is 13.2. The number of methoxy groups -OCH3 is 1. The fourth-order valence-corrected chi connectivity index (χ4v) is 2.08. The van der Waals surface area contributed by atoms with E-state index < -0.39 is 11.8 Å². The molecule has 0 atom stereocenters. The van der Waals surface area contributed by atoms with E-state index in [0.717, 1.165) is 0 Å². The monoisotopic (exact) mass is 293 g/mol. The third-order valence-corrected chi connectivity index (χ3v) is 2.96. The largest absolute Gasteiger partial charge is 0.465 e. The van der Waals surface area contributed by atoms with Crippen LogP contribution in [0.25, 0.3) is 0 Å². The summed E-state index contributed by atoms with van der Waals surface area (Å²) in [4.78, 5) is 11.6. The number of para-hydroxylation sites is 1. The van der Waals surface area contributed by atoms with Crippen LogP contribution in [-0.4, -0.2) is 13.1 Å². The molecule has 20 heavy (non-hydrogen) atoms. The molecule has 104 valence electrons. The standard InChI is InChI=1S/C15H13ClFNO2/c1-20-15(19)13-4-2-3-5-14(13)18-9-10-6-11(16)8-12(17)7-10/h2-8,18H,9H2,1H3. The van der Waals surface area contributed by atoms with E-state index in [-0.39, 0.29) is 0 Å². The highest BCUT2D eigenvalue weighted by Gasteiger charge is 2.10. The molecule has 0 saturated heterocycles. The van der Waals surface area contributed by atoms with E-state index >= 15 is 0 Å². The lowest BCUT2D eigenvalue weighted by atomic mass is 10.1. The quantitative estimate of drug-likeness (QED) is 0.870. The van der Waals surface area contributed by atoms with Gasteiger partial charge in [0.05, 0.1) is 12.7 Å². The predicted molar refractivity (Wildman–Crippen MR) is 76.5 cm³/mol. The first-order valence-corrected chi connectivity index (χ1v) is 6.34. The molecule has 0 heterocycles. The highest BCUT2D eigenvalue weighted by atomic mass is 35.5. The fourth-order valence-electron chi connectivity index (χ4n) is 1.84. The van der Waals surface area contributed by atoms with Crippen molar-refractivity contribution in [3.8, 4) is 0 Å². The first kappa shape index (κ1) is 14.3. The Kier molecular flexibility index (Phi) is 4.58. The summed E-state index contributed by atoms with van der Waals surface area (Å²) in [6.45, 7) is 0.353. The molecule has 0 aliphatic rings. The number of ether oxygens (including phenoxy) is 1. The number of carbonyl (C=O) groups is 1. The minimum absolute atomic E-state index is 0.336. The average molecular weight is 294 g/mol. The lowest BCUT2D eigenvalue weighted by Crippen LogP contribution is -2.08. The third-order valence-electron chi connectivity index (χ3n) is 2.74. The average Bonchev–Trinajstić information content (AvgIpc) is 2.43. The first-order valence-electron chi connectivity index (χ1n) is 5.96. The number of anilines is 1. The number of nitrogens with one attached hydrogen (secondary N) is 1. The van der Waals surface area contributed by atoms with Gasteiger partial charge in [0.1, 0.15) is 5.82 Å². The summed E-state index contributed by atoms with van der Waals surface area (Å²) in [5.74, 6) is -0.819. The van der Waals surface area contributed by atoms with Crippen LogP contribution in [0.2, 0.25) is 5.02 Å². The van der Waals surface area contributed by atoms with Crippen LogP contribution in [0, 0.1) is 5.82 Å². The van der Waals surface area contributed by atoms with Crippen LogP contribution < -0.4 is 5.32 Å². The van der Waals surface area contributed by atoms with Crippen molar-refractivity contribution in [1.29, 1.82) is 0 Å². The van der Waals surface area contributed by atoms with Crippen molar-refractivity contribution in [2.24, 2.45) is 0 Å². The minimum Gasteiger partial charge on any atom is -0.465 e. The van der Waals surface area contributed by atoms with Gasteiger partial charge >= 0.3 is 5.97 Å². The molecule has 0 bridgehead atoms. The van der Waals surface area contributed by atoms with Gasteiger partial charge in [0, 0.05) is 17.3 Å². The van der Waals surface area contributed by atoms with Gasteiger partial charge in [-0.1, -0.05) is 23.7 Å². The molecule has 2 aromatic rings. The molecule has 0 amide bonds. The molecule has 2 rings (SSSR count). The van der Waals surface area contributed by atoms with Gasteiger partial charge in [-0.25, -0.2) is 9.18 Å². The van der Waals surface area contributed by atoms with Gasteiger partial charge in [0.15, 0.2) is 0 Å². The number of halogens is 2. The third kappa shape index (κ3) is 3.48. The number of esters is 1. The molecule has 0 aliphatic carbocycles. The molecule has 3 nitrogen and oxygen atoms in total. The van der Waals surface area contributed by atoms with Crippen LogP contribution in [0.3, 0.4) is 0 Å². The summed E-state index contributed by atoms with van der Waals surface area (Å²) in [5, 5.41) is 3.41. The highest BCUT2D eigenvalue weighted by molar-refractivity contribution is 6.30. The van der Waals surface area contributed by atoms with E-state index in [1.807, 2.05) is 0 Å². The summed E-state index contributed by atoms with van der Waals surface area (Å²) < 4.78 is 17.9. The van der Waals surface area contributed by atoms with Gasteiger partial charge in [-0.3, -0.25) is 0 Å². The van der Waals surface area contributed by atoms with Gasteiger partial charge in [-0.2, -0.15) is 0 Å². The van der Waals surface area contributed by atoms with Crippen molar-refractivity contribution < 1.29 is 13.9 Å². The second kappa shape index (κ2) is 6.39. The number of benzene rings is 2. The van der Waals surface area contributed by atoms with E-state index in [0.29, 0.717) is 28.4 Å². The number of hydrogen-bond donors (Lipinski definition) is 1. The molecule has 0 radical (unpaired) electrons. The second-order valence-electron chi connectivity index (χ2n) is 4.17. The molecular weight excluding hydrogens is 281 g/mol. The Morgan fingerprint density at radius 1 is 1.30 bits per heavy atom. The molecule has 0 unspecified atom stereocenters. The van der Waals surface area contributed by atoms with Gasteiger partial charge in [-0.05, 0) is 35.9 Å². The molecule has 0 fully saturated rings. The first-order chi connectivity index (χ1) is 9.60. The van der Waals surface area contributed by atoms with Crippen LogP contribution in [-0.2, 0) is 11.3 Å². The minimum atomic E-state index is -0.426. The van der Waals surface area contributed by atoms with Crippen LogP contribution in [0.1, 0.15) is 15.9 Å². The van der Waals surface area contributed by atoms with Crippen molar-refractivity contribution >= 4 is 23.3 Å². The zero-order valence-electron chi connectivity index (χ0n) is 10.8. The van der Waals surface area contributed by atoms with Crippen LogP contribution >= 0.6 is 11.6 Å². The van der Waals surface area contributed by atoms with Crippen molar-refractivity contribution in [1.82, 2.24) is 0 Å². The molecule has 0 aromatic heterocycles. The van der Waals surface area contributed by atoms with Crippen molar-refractivity contribution in [3.63, 3.8) is 0 Å². The highest BCUT2D eigenvalue weighted by Crippen LogP contribution is 2.19. The molecule has 0 aliphatic heterocycles. The maximum Gasteiger partial charge on any atom is 0.339 e. The lowest BCUT2D eigenvalue weighted by Gasteiger charge is -2.11. The molecular formula is C15H13ClFNO2. The SMILES string of the molecule is COC(=O)c1ccccc1NCc1cc(F)cc(Cl)c1. The van der Waals surface area contributed by atoms with E-state index in [9.17, 15) is 9.18 Å². The van der Waals surface area contributed by atoms with Crippen LogP contribution in [0.4, 0.5) is 10.1 Å². The molecule has 0 spiro atoms. The van der Waals surface area contributed by atoms with E-state index in [1.54, 1.807) is 30.3 Å². The Labute approximate surface area is 121 Å². The van der Waals surface area contributed by atoms with E-state index in [1.165, 1.54) is 19.2 Å². The summed E-state index contributed by atoms with van der Waals surface area (Å²) >= 11 is 5.79. The number of hydrogen-bond acceptors (Lipinski definition) is 3. The Balaban J connectivity index is 2.16. The van der Waals surface area contributed by atoms with Gasteiger partial charge < -0.3 is 10.1 Å².